The Morgan fingerprint density at radius 3 is 2.85 bits per heavy atom. The number of aromatic nitrogens is 1. The van der Waals surface area contributed by atoms with Gasteiger partial charge in [0.2, 0.25) is 5.56 Å². The first-order valence-corrected chi connectivity index (χ1v) is 4.63. The van der Waals surface area contributed by atoms with Crippen molar-refractivity contribution in [1.29, 1.82) is 0 Å². The van der Waals surface area contributed by atoms with Gasteiger partial charge in [-0.05, 0) is 19.0 Å². The first kappa shape index (κ1) is 9.99. The Balaban J connectivity index is 2.96. The molecule has 0 aliphatic carbocycles. The Kier molecular flexibility index (Phi) is 3.71. The van der Waals surface area contributed by atoms with E-state index < -0.39 is 0 Å². The second-order valence-electron chi connectivity index (χ2n) is 3.11. The number of aromatic amines is 1. The number of aryl methyl sites for hydroxylation is 1. The molecule has 1 heterocycles. The summed E-state index contributed by atoms with van der Waals surface area (Å²) in [4.78, 5) is 13.9. The predicted molar refractivity (Wildman–Crippen MR) is 53.8 cm³/mol. The molecule has 0 radical (unpaired) electrons. The molecule has 72 valence electrons. The van der Waals surface area contributed by atoms with Gasteiger partial charge < -0.3 is 10.3 Å². The lowest BCUT2D eigenvalue weighted by molar-refractivity contribution is 0.774. The van der Waals surface area contributed by atoms with Crippen LogP contribution in [0.3, 0.4) is 0 Å². The number of nitrogens with one attached hydrogen (secondary N) is 2. The van der Waals surface area contributed by atoms with E-state index in [9.17, 15) is 4.79 Å². The lowest BCUT2D eigenvalue weighted by atomic mass is 10.1. The Hall–Kier alpha value is -1.09. The van der Waals surface area contributed by atoms with E-state index >= 15 is 0 Å². The maximum atomic E-state index is 11.0. The Bertz CT molecular complexity index is 317. The van der Waals surface area contributed by atoms with Crippen LogP contribution in [0, 0.1) is 0 Å². The van der Waals surface area contributed by atoms with E-state index in [-0.39, 0.29) is 5.56 Å². The molecule has 1 aromatic rings. The topological polar surface area (TPSA) is 44.9 Å². The van der Waals surface area contributed by atoms with E-state index in [0.29, 0.717) is 0 Å². The number of pyridine rings is 1. The minimum atomic E-state index is -0.0108. The van der Waals surface area contributed by atoms with Crippen LogP contribution in [-0.4, -0.2) is 12.0 Å². The van der Waals surface area contributed by atoms with Crippen molar-refractivity contribution in [3.8, 4) is 0 Å². The average Bonchev–Trinajstić information content (AvgIpc) is 2.10. The molecule has 0 aromatic carbocycles. The van der Waals surface area contributed by atoms with Crippen molar-refractivity contribution in [3.63, 3.8) is 0 Å². The molecular formula is C10H16N2O. The summed E-state index contributed by atoms with van der Waals surface area (Å²) in [7, 11) is 1.90. The smallest absolute Gasteiger partial charge is 0.248 e. The van der Waals surface area contributed by atoms with Crippen LogP contribution < -0.4 is 10.9 Å². The fourth-order valence-corrected chi connectivity index (χ4v) is 1.38. The van der Waals surface area contributed by atoms with E-state index in [1.165, 1.54) is 5.56 Å². The van der Waals surface area contributed by atoms with Gasteiger partial charge in [-0.15, -0.1) is 0 Å². The average molecular weight is 180 g/mol. The van der Waals surface area contributed by atoms with Crippen LogP contribution in [0.5, 0.6) is 0 Å². The highest BCUT2D eigenvalue weighted by molar-refractivity contribution is 5.19. The highest BCUT2D eigenvalue weighted by Crippen LogP contribution is 2.05. The summed E-state index contributed by atoms with van der Waals surface area (Å²) in [5.41, 5.74) is 2.23. The van der Waals surface area contributed by atoms with Gasteiger partial charge in [0.15, 0.2) is 0 Å². The largest absolute Gasteiger partial charge is 0.326 e. The van der Waals surface area contributed by atoms with Gasteiger partial charge in [0, 0.05) is 18.3 Å². The van der Waals surface area contributed by atoms with Crippen molar-refractivity contribution < 1.29 is 0 Å². The fraction of sp³-hybridized carbons (Fsp3) is 0.500. The zero-order valence-corrected chi connectivity index (χ0v) is 8.18. The van der Waals surface area contributed by atoms with Gasteiger partial charge >= 0.3 is 0 Å². The molecule has 0 aliphatic rings. The zero-order valence-electron chi connectivity index (χ0n) is 8.18. The van der Waals surface area contributed by atoms with E-state index in [0.717, 1.165) is 25.1 Å². The molecule has 3 heteroatoms. The summed E-state index contributed by atoms with van der Waals surface area (Å²) in [5, 5.41) is 3.08. The third kappa shape index (κ3) is 2.70. The van der Waals surface area contributed by atoms with Crippen LogP contribution in [0.4, 0.5) is 0 Å². The molecule has 0 aliphatic heterocycles. The van der Waals surface area contributed by atoms with Crippen LogP contribution in [0.1, 0.15) is 24.6 Å². The Morgan fingerprint density at radius 1 is 1.46 bits per heavy atom. The summed E-state index contributed by atoms with van der Waals surface area (Å²) in [6.45, 7) is 2.92. The predicted octanol–water partition coefficient (Wildman–Crippen LogP) is 1.05. The van der Waals surface area contributed by atoms with E-state index in [4.69, 9.17) is 0 Å². The molecule has 13 heavy (non-hydrogen) atoms. The van der Waals surface area contributed by atoms with E-state index in [2.05, 4.69) is 17.2 Å². The van der Waals surface area contributed by atoms with Crippen LogP contribution in [0.25, 0.3) is 0 Å². The quantitative estimate of drug-likeness (QED) is 0.727. The Labute approximate surface area is 78.2 Å². The molecular weight excluding hydrogens is 164 g/mol. The SMILES string of the molecule is CCCc1[nH]c(=O)ccc1CNC. The standard InChI is InChI=1S/C10H16N2O/c1-3-4-9-8(7-11-2)5-6-10(13)12-9/h5-6,11H,3-4,7H2,1-2H3,(H,12,13). The van der Waals surface area contributed by atoms with Crippen molar-refractivity contribution in [2.75, 3.05) is 7.05 Å². The van der Waals surface area contributed by atoms with E-state index in [1.807, 2.05) is 13.1 Å². The van der Waals surface area contributed by atoms with Crippen molar-refractivity contribution >= 4 is 0 Å². The van der Waals surface area contributed by atoms with Crippen LogP contribution >= 0.6 is 0 Å². The molecule has 0 spiro atoms. The molecule has 0 amide bonds. The highest BCUT2D eigenvalue weighted by Gasteiger charge is 2.00. The molecule has 0 fully saturated rings. The van der Waals surface area contributed by atoms with Crippen molar-refractivity contribution in [1.82, 2.24) is 10.3 Å². The number of hydrogen-bond acceptors (Lipinski definition) is 2. The number of hydrogen-bond donors (Lipinski definition) is 2. The van der Waals surface area contributed by atoms with Crippen molar-refractivity contribution in [2.45, 2.75) is 26.3 Å². The third-order valence-electron chi connectivity index (χ3n) is 1.96. The molecule has 0 atom stereocenters. The lowest BCUT2D eigenvalue weighted by Crippen LogP contribution is -2.14. The first-order chi connectivity index (χ1) is 6.27. The molecule has 0 saturated heterocycles. The van der Waals surface area contributed by atoms with Crippen molar-refractivity contribution in [2.24, 2.45) is 0 Å². The maximum absolute atomic E-state index is 11.0. The van der Waals surface area contributed by atoms with Gasteiger partial charge in [-0.1, -0.05) is 19.4 Å². The van der Waals surface area contributed by atoms with Crippen molar-refractivity contribution in [3.05, 3.63) is 33.7 Å². The number of rotatable bonds is 4. The van der Waals surface area contributed by atoms with E-state index in [1.54, 1.807) is 6.07 Å². The van der Waals surface area contributed by atoms with Crippen LogP contribution in [0.2, 0.25) is 0 Å². The van der Waals surface area contributed by atoms with Gasteiger partial charge in [-0.25, -0.2) is 0 Å². The third-order valence-corrected chi connectivity index (χ3v) is 1.96. The normalized spacial score (nSPS) is 10.3. The van der Waals surface area contributed by atoms with Crippen LogP contribution in [-0.2, 0) is 13.0 Å². The van der Waals surface area contributed by atoms with Gasteiger partial charge in [0.25, 0.3) is 0 Å². The molecule has 2 N–H and O–H groups in total. The molecule has 0 bridgehead atoms. The highest BCUT2D eigenvalue weighted by atomic mass is 16.1. The zero-order chi connectivity index (χ0) is 9.68. The monoisotopic (exact) mass is 180 g/mol. The van der Waals surface area contributed by atoms with Gasteiger partial charge in [-0.3, -0.25) is 4.79 Å². The maximum Gasteiger partial charge on any atom is 0.248 e. The minimum Gasteiger partial charge on any atom is -0.326 e. The number of H-pyrrole nitrogens is 1. The summed E-state index contributed by atoms with van der Waals surface area (Å²) in [6.07, 6.45) is 1.99. The second-order valence-corrected chi connectivity index (χ2v) is 3.11. The second kappa shape index (κ2) is 4.82. The summed E-state index contributed by atoms with van der Waals surface area (Å²) in [6, 6.07) is 3.46. The Morgan fingerprint density at radius 2 is 2.23 bits per heavy atom. The van der Waals surface area contributed by atoms with Gasteiger partial charge in [0.1, 0.15) is 0 Å². The molecule has 0 saturated carbocycles. The molecule has 3 nitrogen and oxygen atoms in total. The molecule has 0 unspecified atom stereocenters. The molecule has 1 rings (SSSR count). The van der Waals surface area contributed by atoms with Gasteiger partial charge in [0.05, 0.1) is 0 Å². The fourth-order valence-electron chi connectivity index (χ4n) is 1.38. The van der Waals surface area contributed by atoms with Crippen LogP contribution in [0.15, 0.2) is 16.9 Å². The summed E-state index contributed by atoms with van der Waals surface area (Å²) < 4.78 is 0. The molecule has 1 aromatic heterocycles. The first-order valence-electron chi connectivity index (χ1n) is 4.63. The lowest BCUT2D eigenvalue weighted by Gasteiger charge is -2.06. The van der Waals surface area contributed by atoms with Gasteiger partial charge in [-0.2, -0.15) is 0 Å². The summed E-state index contributed by atoms with van der Waals surface area (Å²) >= 11 is 0. The minimum absolute atomic E-state index is 0.0108. The summed E-state index contributed by atoms with van der Waals surface area (Å²) in [5.74, 6) is 0.